The number of aliphatic hydroxyl groups excluding tert-OH is 2. The Morgan fingerprint density at radius 3 is 1.64 bits per heavy atom. The van der Waals surface area contributed by atoms with Crippen molar-refractivity contribution in [1.82, 2.24) is 10.6 Å². The van der Waals surface area contributed by atoms with Gasteiger partial charge in [-0.05, 0) is 32.4 Å². The Morgan fingerprint density at radius 1 is 0.773 bits per heavy atom. The summed E-state index contributed by atoms with van der Waals surface area (Å²) in [6.45, 7) is -0.233. The number of carboxylic acid groups (broad SMARTS) is 3. The average molecular weight is 322 g/mol. The summed E-state index contributed by atoms with van der Waals surface area (Å²) in [6.07, 6.45) is -1.64. The van der Waals surface area contributed by atoms with Gasteiger partial charge in [0.1, 0.15) is 12.1 Å². The summed E-state index contributed by atoms with van der Waals surface area (Å²) in [5.74, 6) is -3.69. The maximum absolute atomic E-state index is 11.0. The van der Waals surface area contributed by atoms with Gasteiger partial charge in [0, 0.05) is 6.61 Å². The molecule has 0 aromatic carbocycles. The first-order valence-electron chi connectivity index (χ1n) is 6.73. The van der Waals surface area contributed by atoms with Gasteiger partial charge in [-0.1, -0.05) is 0 Å². The van der Waals surface area contributed by atoms with E-state index in [1.807, 2.05) is 0 Å². The third-order valence-corrected chi connectivity index (χ3v) is 2.93. The molecule has 0 heterocycles. The van der Waals surface area contributed by atoms with Crippen LogP contribution in [-0.2, 0) is 14.4 Å². The van der Waals surface area contributed by atoms with Crippen LogP contribution in [0.3, 0.4) is 0 Å². The van der Waals surface area contributed by atoms with E-state index in [2.05, 4.69) is 10.6 Å². The van der Waals surface area contributed by atoms with Crippen LogP contribution in [0.2, 0.25) is 0 Å². The third-order valence-electron chi connectivity index (χ3n) is 2.93. The molecular weight excluding hydrogens is 300 g/mol. The van der Waals surface area contributed by atoms with E-state index < -0.39 is 36.1 Å². The molecule has 0 aliphatic carbocycles. The van der Waals surface area contributed by atoms with Gasteiger partial charge in [0.15, 0.2) is 6.10 Å². The summed E-state index contributed by atoms with van der Waals surface area (Å²) in [4.78, 5) is 32.2. The topological polar surface area (TPSA) is 176 Å². The molecule has 0 saturated heterocycles. The summed E-state index contributed by atoms with van der Waals surface area (Å²) >= 11 is 0. The van der Waals surface area contributed by atoms with E-state index in [9.17, 15) is 14.4 Å². The fourth-order valence-electron chi connectivity index (χ4n) is 1.67. The number of aliphatic hydroxyl groups is 2. The molecule has 0 aromatic rings. The molecule has 0 spiro atoms. The normalized spacial score (nSPS) is 15.0. The molecule has 0 radical (unpaired) electrons. The number of hydrogen-bond acceptors (Lipinski definition) is 7. The van der Waals surface area contributed by atoms with Gasteiger partial charge >= 0.3 is 17.9 Å². The molecule has 0 amide bonds. The lowest BCUT2D eigenvalue weighted by atomic mass is 10.1. The number of carboxylic acids is 3. The van der Waals surface area contributed by atoms with Crippen molar-refractivity contribution in [2.45, 2.75) is 37.5 Å². The quantitative estimate of drug-likeness (QED) is 0.195. The predicted molar refractivity (Wildman–Crippen MR) is 73.4 cm³/mol. The van der Waals surface area contributed by atoms with Crippen LogP contribution < -0.4 is 10.6 Å². The van der Waals surface area contributed by atoms with Crippen molar-refractivity contribution in [3.8, 4) is 0 Å². The van der Waals surface area contributed by atoms with E-state index in [1.165, 1.54) is 0 Å². The molecule has 0 bridgehead atoms. The van der Waals surface area contributed by atoms with Gasteiger partial charge in [-0.25, -0.2) is 4.79 Å². The Labute approximate surface area is 126 Å². The Morgan fingerprint density at radius 2 is 1.23 bits per heavy atom. The fourth-order valence-corrected chi connectivity index (χ4v) is 1.67. The minimum absolute atomic E-state index is 0.00526. The SMILES string of the molecule is O=C(O)C(CCO)NCCC(NCC[C@H](O)C(=O)O)C(=O)O. The van der Waals surface area contributed by atoms with Gasteiger partial charge < -0.3 is 36.2 Å². The summed E-state index contributed by atoms with van der Waals surface area (Å²) in [5.41, 5.74) is 0. The lowest BCUT2D eigenvalue weighted by molar-refractivity contribution is -0.146. The smallest absolute Gasteiger partial charge is 0.332 e. The van der Waals surface area contributed by atoms with Crippen LogP contribution in [-0.4, -0.2) is 81.3 Å². The highest BCUT2D eigenvalue weighted by Gasteiger charge is 2.20. The highest BCUT2D eigenvalue weighted by Crippen LogP contribution is 1.97. The first-order valence-corrected chi connectivity index (χ1v) is 6.73. The molecule has 0 fully saturated rings. The maximum Gasteiger partial charge on any atom is 0.332 e. The molecule has 0 aliphatic heterocycles. The van der Waals surface area contributed by atoms with Crippen LogP contribution in [0.25, 0.3) is 0 Å². The molecule has 10 heteroatoms. The zero-order valence-corrected chi connectivity index (χ0v) is 11.9. The number of carbonyl (C=O) groups is 3. The summed E-state index contributed by atoms with van der Waals surface area (Å²) in [6, 6.07) is -1.97. The molecule has 0 aromatic heterocycles. The maximum atomic E-state index is 11.0. The third kappa shape index (κ3) is 8.52. The van der Waals surface area contributed by atoms with E-state index in [0.29, 0.717) is 0 Å². The van der Waals surface area contributed by atoms with E-state index >= 15 is 0 Å². The Balaban J connectivity index is 4.17. The lowest BCUT2D eigenvalue weighted by Crippen LogP contribution is -2.44. The highest BCUT2D eigenvalue weighted by atomic mass is 16.4. The minimum atomic E-state index is -1.57. The van der Waals surface area contributed by atoms with E-state index in [4.69, 9.17) is 25.5 Å². The van der Waals surface area contributed by atoms with Gasteiger partial charge in [0.2, 0.25) is 0 Å². The number of aliphatic carboxylic acids is 3. The Hall–Kier alpha value is -1.75. The van der Waals surface area contributed by atoms with E-state index in [1.54, 1.807) is 0 Å². The van der Waals surface area contributed by atoms with E-state index in [-0.39, 0.29) is 39.0 Å². The van der Waals surface area contributed by atoms with Crippen molar-refractivity contribution in [3.63, 3.8) is 0 Å². The van der Waals surface area contributed by atoms with Gasteiger partial charge in [0.05, 0.1) is 0 Å². The molecule has 22 heavy (non-hydrogen) atoms. The summed E-state index contributed by atoms with van der Waals surface area (Å²) in [5, 5.41) is 49.3. The molecule has 128 valence electrons. The number of rotatable bonds is 13. The van der Waals surface area contributed by atoms with Crippen molar-refractivity contribution in [1.29, 1.82) is 0 Å². The molecule has 0 rings (SSSR count). The molecule has 3 atom stereocenters. The van der Waals surface area contributed by atoms with Crippen LogP contribution in [0.1, 0.15) is 19.3 Å². The van der Waals surface area contributed by atoms with Crippen LogP contribution in [0.15, 0.2) is 0 Å². The standard InChI is InChI=1S/C12H22N2O8/c15-6-3-8(11(19)20)13-4-1-7(10(17)18)14-5-2-9(16)12(21)22/h7-9,13-16H,1-6H2,(H,17,18)(H,19,20)(H,21,22)/t7?,8?,9-/m0/s1. The number of hydrogen-bond donors (Lipinski definition) is 7. The second-order valence-corrected chi connectivity index (χ2v) is 4.63. The molecule has 0 aliphatic rings. The van der Waals surface area contributed by atoms with Crippen molar-refractivity contribution in [2.24, 2.45) is 0 Å². The summed E-state index contributed by atoms with van der Waals surface area (Å²) < 4.78 is 0. The van der Waals surface area contributed by atoms with Crippen molar-refractivity contribution in [2.75, 3.05) is 19.7 Å². The number of nitrogens with one attached hydrogen (secondary N) is 2. The van der Waals surface area contributed by atoms with Gasteiger partial charge in [0.25, 0.3) is 0 Å². The second-order valence-electron chi connectivity index (χ2n) is 4.63. The van der Waals surface area contributed by atoms with Crippen LogP contribution >= 0.6 is 0 Å². The Bertz CT molecular complexity index is 376. The summed E-state index contributed by atoms with van der Waals surface area (Å²) in [7, 11) is 0. The van der Waals surface area contributed by atoms with Gasteiger partial charge in [-0.15, -0.1) is 0 Å². The van der Waals surface area contributed by atoms with Crippen molar-refractivity contribution < 1.29 is 39.9 Å². The largest absolute Gasteiger partial charge is 0.480 e. The second kappa shape index (κ2) is 10.9. The first kappa shape index (κ1) is 20.2. The van der Waals surface area contributed by atoms with Crippen LogP contribution in [0.5, 0.6) is 0 Å². The lowest BCUT2D eigenvalue weighted by Gasteiger charge is -2.17. The first-order chi connectivity index (χ1) is 10.3. The molecule has 0 saturated carbocycles. The Kier molecular flexibility index (Phi) is 10.0. The monoisotopic (exact) mass is 322 g/mol. The highest BCUT2D eigenvalue weighted by molar-refractivity contribution is 5.74. The van der Waals surface area contributed by atoms with Gasteiger partial charge in [-0.3, -0.25) is 9.59 Å². The van der Waals surface area contributed by atoms with Crippen LogP contribution in [0, 0.1) is 0 Å². The molecule has 7 N–H and O–H groups in total. The molecule has 10 nitrogen and oxygen atoms in total. The van der Waals surface area contributed by atoms with E-state index in [0.717, 1.165) is 0 Å². The zero-order valence-electron chi connectivity index (χ0n) is 11.9. The fraction of sp³-hybridized carbons (Fsp3) is 0.750. The zero-order chi connectivity index (χ0) is 17.1. The van der Waals surface area contributed by atoms with Crippen molar-refractivity contribution in [3.05, 3.63) is 0 Å². The van der Waals surface area contributed by atoms with Crippen LogP contribution in [0.4, 0.5) is 0 Å². The van der Waals surface area contributed by atoms with Gasteiger partial charge in [-0.2, -0.15) is 0 Å². The minimum Gasteiger partial charge on any atom is -0.480 e. The molecular formula is C12H22N2O8. The average Bonchev–Trinajstić information content (AvgIpc) is 2.43. The van der Waals surface area contributed by atoms with Crippen molar-refractivity contribution >= 4 is 17.9 Å². The predicted octanol–water partition coefficient (Wildman–Crippen LogP) is -2.32. The molecule has 2 unspecified atom stereocenters.